The van der Waals surface area contributed by atoms with Crippen molar-refractivity contribution in [1.29, 1.82) is 0 Å². The number of oxazole rings is 1. The Kier molecular flexibility index (Phi) is 5.08. The molecule has 0 aliphatic heterocycles. The van der Waals surface area contributed by atoms with Gasteiger partial charge in [-0.15, -0.1) is 0 Å². The molecule has 0 radical (unpaired) electrons. The minimum Gasteiger partial charge on any atom is -0.443 e. The topological polar surface area (TPSA) is 78.8 Å². The van der Waals surface area contributed by atoms with E-state index in [-0.39, 0.29) is 5.54 Å². The van der Waals surface area contributed by atoms with Crippen LogP contribution in [0.1, 0.15) is 58.1 Å². The molecule has 1 saturated carbocycles. The Hall–Kier alpha value is -1.31. The second kappa shape index (κ2) is 7.07. The van der Waals surface area contributed by atoms with E-state index in [9.17, 15) is 0 Å². The van der Waals surface area contributed by atoms with E-state index in [4.69, 9.17) is 4.42 Å². The molecule has 0 bridgehead atoms. The van der Waals surface area contributed by atoms with Gasteiger partial charge in [-0.2, -0.15) is 5.10 Å². The van der Waals surface area contributed by atoms with E-state index >= 15 is 0 Å². The van der Waals surface area contributed by atoms with Crippen molar-refractivity contribution in [3.05, 3.63) is 24.2 Å². The average molecular weight is 335 g/mol. The zero-order valence-corrected chi connectivity index (χ0v) is 14.7. The van der Waals surface area contributed by atoms with Gasteiger partial charge in [0.05, 0.1) is 6.20 Å². The minimum atomic E-state index is 0.126. The van der Waals surface area contributed by atoms with E-state index in [1.54, 1.807) is 24.6 Å². The van der Waals surface area contributed by atoms with Gasteiger partial charge >= 0.3 is 0 Å². The third-order valence-electron chi connectivity index (χ3n) is 4.00. The molecule has 23 heavy (non-hydrogen) atoms. The number of nitrogens with one attached hydrogen (secondary N) is 3. The van der Waals surface area contributed by atoms with Gasteiger partial charge in [-0.25, -0.2) is 14.4 Å². The van der Waals surface area contributed by atoms with Crippen LogP contribution in [0.2, 0.25) is 0 Å². The van der Waals surface area contributed by atoms with Crippen molar-refractivity contribution in [2.75, 3.05) is 0 Å². The lowest BCUT2D eigenvalue weighted by molar-refractivity contribution is 0.375. The van der Waals surface area contributed by atoms with Gasteiger partial charge in [0.1, 0.15) is 12.0 Å². The molecule has 2 aromatic heterocycles. The smallest absolute Gasteiger partial charge is 0.246 e. The lowest BCUT2D eigenvalue weighted by atomic mass is 9.84. The van der Waals surface area contributed by atoms with Crippen molar-refractivity contribution < 1.29 is 4.42 Å². The van der Waals surface area contributed by atoms with Gasteiger partial charge in [0.25, 0.3) is 0 Å². The highest BCUT2D eigenvalue weighted by atomic mass is 32.2. The molecule has 6 nitrogen and oxygen atoms in total. The number of aromatic amines is 1. The summed E-state index contributed by atoms with van der Waals surface area (Å²) in [6, 6.07) is 2.64. The second-order valence-electron chi connectivity index (χ2n) is 7.17. The predicted octanol–water partition coefficient (Wildman–Crippen LogP) is 3.63. The molecule has 2 aromatic rings. The van der Waals surface area contributed by atoms with Crippen molar-refractivity contribution in [3.8, 4) is 11.6 Å². The van der Waals surface area contributed by atoms with E-state index in [0.717, 1.165) is 5.69 Å². The summed E-state index contributed by atoms with van der Waals surface area (Å²) in [4.78, 5) is 4.14. The van der Waals surface area contributed by atoms with Crippen molar-refractivity contribution in [1.82, 2.24) is 24.6 Å². The molecule has 0 aromatic carbocycles. The summed E-state index contributed by atoms with van der Waals surface area (Å²) < 4.78 is 12.2. The Bertz CT molecular complexity index is 596. The van der Waals surface area contributed by atoms with Gasteiger partial charge in [0.2, 0.25) is 5.89 Å². The standard InChI is InChI=1S/C16H25N5OS/c1-16(2,3)21-23-20-12-6-4-11(5-7-12)13-10-14(19-18-13)15-17-8-9-22-15/h8-12,20-21H,4-7H2,1-3H3,(H,18,19). The van der Waals surface area contributed by atoms with E-state index in [2.05, 4.69) is 51.5 Å². The predicted molar refractivity (Wildman–Crippen MR) is 92.7 cm³/mol. The minimum absolute atomic E-state index is 0.126. The Balaban J connectivity index is 1.47. The van der Waals surface area contributed by atoms with Crippen molar-refractivity contribution in [2.24, 2.45) is 0 Å². The van der Waals surface area contributed by atoms with E-state index in [1.165, 1.54) is 31.4 Å². The number of hydrogen-bond donors (Lipinski definition) is 3. The number of H-pyrrole nitrogens is 1. The first kappa shape index (κ1) is 16.5. The van der Waals surface area contributed by atoms with Crippen molar-refractivity contribution in [3.63, 3.8) is 0 Å². The van der Waals surface area contributed by atoms with E-state index in [1.807, 2.05) is 0 Å². The summed E-state index contributed by atoms with van der Waals surface area (Å²) in [7, 11) is 0. The molecule has 3 N–H and O–H groups in total. The highest BCUT2D eigenvalue weighted by molar-refractivity contribution is 7.95. The van der Waals surface area contributed by atoms with Crippen molar-refractivity contribution in [2.45, 2.75) is 64.0 Å². The highest BCUT2D eigenvalue weighted by Crippen LogP contribution is 2.33. The summed E-state index contributed by atoms with van der Waals surface area (Å²) in [5, 5.41) is 7.47. The highest BCUT2D eigenvalue weighted by Gasteiger charge is 2.24. The Labute approximate surface area is 141 Å². The second-order valence-corrected chi connectivity index (χ2v) is 7.81. The molecule has 7 heteroatoms. The molecule has 0 unspecified atom stereocenters. The molecular weight excluding hydrogens is 310 g/mol. The van der Waals surface area contributed by atoms with Crippen LogP contribution in [0.5, 0.6) is 0 Å². The third kappa shape index (κ3) is 4.59. The number of nitrogens with zero attached hydrogens (tertiary/aromatic N) is 2. The van der Waals surface area contributed by atoms with E-state index in [0.29, 0.717) is 17.9 Å². The average Bonchev–Trinajstić information content (AvgIpc) is 3.18. The fraction of sp³-hybridized carbons (Fsp3) is 0.625. The largest absolute Gasteiger partial charge is 0.443 e. The first-order valence-electron chi connectivity index (χ1n) is 8.15. The lowest BCUT2D eigenvalue weighted by Gasteiger charge is -2.29. The number of hydrogen-bond acceptors (Lipinski definition) is 6. The van der Waals surface area contributed by atoms with Crippen LogP contribution in [0.3, 0.4) is 0 Å². The molecule has 2 heterocycles. The normalized spacial score (nSPS) is 22.4. The molecule has 1 aliphatic rings. The fourth-order valence-electron chi connectivity index (χ4n) is 2.79. The third-order valence-corrected chi connectivity index (χ3v) is 5.16. The first-order valence-corrected chi connectivity index (χ1v) is 8.96. The quantitative estimate of drug-likeness (QED) is 0.724. The van der Waals surface area contributed by atoms with Gasteiger partial charge in [-0.05, 0) is 52.5 Å². The first-order chi connectivity index (χ1) is 11.0. The zero-order chi connectivity index (χ0) is 16.3. The maximum atomic E-state index is 5.30. The maximum Gasteiger partial charge on any atom is 0.246 e. The van der Waals surface area contributed by atoms with Crippen LogP contribution >= 0.6 is 12.1 Å². The summed E-state index contributed by atoms with van der Waals surface area (Å²) in [5.41, 5.74) is 2.11. The molecule has 3 rings (SSSR count). The van der Waals surface area contributed by atoms with Crippen LogP contribution in [-0.2, 0) is 0 Å². The van der Waals surface area contributed by atoms with Crippen LogP contribution in [0, 0.1) is 0 Å². The monoisotopic (exact) mass is 335 g/mol. The van der Waals surface area contributed by atoms with Crippen LogP contribution < -0.4 is 9.44 Å². The summed E-state index contributed by atoms with van der Waals surface area (Å²) >= 11 is 1.63. The van der Waals surface area contributed by atoms with Crippen LogP contribution in [-0.4, -0.2) is 26.8 Å². The van der Waals surface area contributed by atoms with Crippen molar-refractivity contribution >= 4 is 12.1 Å². The van der Waals surface area contributed by atoms with E-state index < -0.39 is 0 Å². The van der Waals surface area contributed by atoms with Crippen LogP contribution in [0.15, 0.2) is 22.9 Å². The SMILES string of the molecule is CC(C)(C)NSNC1CCC(c2cc(-c3ncco3)n[nH]2)CC1. The van der Waals surface area contributed by atoms with Gasteiger partial charge in [-0.3, -0.25) is 5.10 Å². The van der Waals surface area contributed by atoms with Gasteiger partial charge < -0.3 is 4.42 Å². The fourth-order valence-corrected chi connectivity index (χ4v) is 3.56. The maximum absolute atomic E-state index is 5.30. The molecular formula is C16H25N5OS. The van der Waals surface area contributed by atoms with Gasteiger partial charge in [0, 0.05) is 35.3 Å². The Morgan fingerprint density at radius 1 is 1.26 bits per heavy atom. The van der Waals surface area contributed by atoms with Gasteiger partial charge in [-0.1, -0.05) is 0 Å². The molecule has 1 fully saturated rings. The molecule has 0 saturated heterocycles. The van der Waals surface area contributed by atoms with Crippen LogP contribution in [0.4, 0.5) is 0 Å². The Morgan fingerprint density at radius 3 is 2.70 bits per heavy atom. The summed E-state index contributed by atoms with van der Waals surface area (Å²) in [6.07, 6.45) is 7.91. The molecule has 0 spiro atoms. The molecule has 1 aliphatic carbocycles. The molecule has 0 atom stereocenters. The Morgan fingerprint density at radius 2 is 2.04 bits per heavy atom. The number of aromatic nitrogens is 3. The lowest BCUT2D eigenvalue weighted by Crippen LogP contribution is -2.36. The molecule has 126 valence electrons. The zero-order valence-electron chi connectivity index (χ0n) is 13.9. The van der Waals surface area contributed by atoms with Gasteiger partial charge in [0.15, 0.2) is 0 Å². The summed E-state index contributed by atoms with van der Waals surface area (Å²) in [5.74, 6) is 1.12. The number of rotatable bonds is 5. The van der Waals surface area contributed by atoms with Crippen LogP contribution in [0.25, 0.3) is 11.6 Å². The molecule has 0 amide bonds. The summed E-state index contributed by atoms with van der Waals surface area (Å²) in [6.45, 7) is 6.51.